The number of nitro groups is 1. The third-order valence-electron chi connectivity index (χ3n) is 4.84. The number of nitrogens with zero attached hydrogens (tertiary/aromatic N) is 3. The van der Waals surface area contributed by atoms with Crippen LogP contribution in [0, 0.1) is 10.1 Å². The summed E-state index contributed by atoms with van der Waals surface area (Å²) in [6.07, 6.45) is 0. The van der Waals surface area contributed by atoms with E-state index in [2.05, 4.69) is 10.2 Å². The van der Waals surface area contributed by atoms with Gasteiger partial charge in [0.2, 0.25) is 0 Å². The highest BCUT2D eigenvalue weighted by Crippen LogP contribution is 2.43. The van der Waals surface area contributed by atoms with E-state index in [0.29, 0.717) is 30.1 Å². The maximum atomic E-state index is 13.0. The van der Waals surface area contributed by atoms with E-state index in [9.17, 15) is 14.9 Å². The molecule has 0 saturated carbocycles. The molecule has 1 atom stereocenters. The van der Waals surface area contributed by atoms with Crippen molar-refractivity contribution in [3.8, 4) is 11.3 Å². The summed E-state index contributed by atoms with van der Waals surface area (Å²) >= 11 is 0. The molecule has 1 N–H and O–H groups in total. The molecule has 0 radical (unpaired) electrons. The standard InChI is InChI=1S/C20H18N4O4/c1-28-11-10-23-19(14-8-5-9-15(12-14)24(26)27)16-17(13-6-3-2-4-7-13)21-22-18(16)20(23)25/h2-9,12,19H,10-11H2,1H3,(H,21,22). The highest BCUT2D eigenvalue weighted by atomic mass is 16.6. The number of amides is 1. The van der Waals surface area contributed by atoms with Crippen LogP contribution >= 0.6 is 0 Å². The Morgan fingerprint density at radius 1 is 1.21 bits per heavy atom. The number of carbonyl (C=O) groups is 1. The van der Waals surface area contributed by atoms with E-state index in [-0.39, 0.29) is 11.6 Å². The molecule has 142 valence electrons. The minimum Gasteiger partial charge on any atom is -0.383 e. The quantitative estimate of drug-likeness (QED) is 0.524. The number of non-ortho nitro benzene ring substituents is 1. The summed E-state index contributed by atoms with van der Waals surface area (Å²) in [7, 11) is 1.57. The first-order valence-corrected chi connectivity index (χ1v) is 8.79. The fraction of sp³-hybridized carbons (Fsp3) is 0.200. The molecule has 0 bridgehead atoms. The number of hydrogen-bond acceptors (Lipinski definition) is 5. The molecule has 8 nitrogen and oxygen atoms in total. The summed E-state index contributed by atoms with van der Waals surface area (Å²) in [4.78, 5) is 25.5. The Kier molecular flexibility index (Phi) is 4.62. The second kappa shape index (κ2) is 7.24. The minimum atomic E-state index is -0.480. The van der Waals surface area contributed by atoms with Gasteiger partial charge >= 0.3 is 0 Å². The number of aromatic amines is 1. The van der Waals surface area contributed by atoms with Gasteiger partial charge in [0.15, 0.2) is 0 Å². The number of carbonyl (C=O) groups excluding carboxylic acids is 1. The second-order valence-electron chi connectivity index (χ2n) is 6.47. The lowest BCUT2D eigenvalue weighted by Crippen LogP contribution is -2.32. The molecule has 2 heterocycles. The van der Waals surface area contributed by atoms with Gasteiger partial charge < -0.3 is 9.64 Å². The number of nitro benzene ring substituents is 1. The zero-order chi connectivity index (χ0) is 19.7. The van der Waals surface area contributed by atoms with Crippen LogP contribution in [0.3, 0.4) is 0 Å². The Morgan fingerprint density at radius 3 is 2.71 bits per heavy atom. The van der Waals surface area contributed by atoms with Crippen LogP contribution in [0.25, 0.3) is 11.3 Å². The molecule has 0 aliphatic carbocycles. The van der Waals surface area contributed by atoms with Crippen LogP contribution < -0.4 is 0 Å². The molecule has 0 spiro atoms. The highest BCUT2D eigenvalue weighted by Gasteiger charge is 2.42. The molecule has 1 aliphatic heterocycles. The van der Waals surface area contributed by atoms with Crippen molar-refractivity contribution in [2.24, 2.45) is 0 Å². The van der Waals surface area contributed by atoms with Gasteiger partial charge in [-0.15, -0.1) is 0 Å². The normalized spacial score (nSPS) is 15.7. The zero-order valence-corrected chi connectivity index (χ0v) is 15.2. The summed E-state index contributed by atoms with van der Waals surface area (Å²) < 4.78 is 5.16. The van der Waals surface area contributed by atoms with Crippen LogP contribution in [-0.2, 0) is 4.74 Å². The van der Waals surface area contributed by atoms with Gasteiger partial charge in [0, 0.05) is 36.9 Å². The molecule has 1 unspecified atom stereocenters. The molecule has 0 fully saturated rings. The topological polar surface area (TPSA) is 101 Å². The van der Waals surface area contributed by atoms with Crippen LogP contribution in [0.2, 0.25) is 0 Å². The number of fused-ring (bicyclic) bond motifs is 1. The first kappa shape index (κ1) is 17.9. The van der Waals surface area contributed by atoms with Crippen LogP contribution in [0.15, 0.2) is 54.6 Å². The molecular weight excluding hydrogens is 360 g/mol. The SMILES string of the molecule is COCCN1C(=O)c2[nH]nc(-c3ccccc3)c2C1c1cccc([N+](=O)[O-])c1. The molecule has 8 heteroatoms. The monoisotopic (exact) mass is 378 g/mol. The summed E-state index contributed by atoms with van der Waals surface area (Å²) in [6, 6.07) is 15.4. The predicted molar refractivity (Wildman–Crippen MR) is 102 cm³/mol. The smallest absolute Gasteiger partial charge is 0.273 e. The van der Waals surface area contributed by atoms with Crippen molar-refractivity contribution >= 4 is 11.6 Å². The molecule has 1 aliphatic rings. The van der Waals surface area contributed by atoms with Crippen molar-refractivity contribution in [3.63, 3.8) is 0 Å². The molecule has 3 aromatic rings. The number of methoxy groups -OCH3 is 1. The second-order valence-corrected chi connectivity index (χ2v) is 6.47. The third kappa shape index (κ3) is 2.93. The molecule has 4 rings (SSSR count). The van der Waals surface area contributed by atoms with E-state index in [1.807, 2.05) is 30.3 Å². The number of nitrogens with one attached hydrogen (secondary N) is 1. The van der Waals surface area contributed by atoms with Gasteiger partial charge in [0.1, 0.15) is 5.69 Å². The van der Waals surface area contributed by atoms with Crippen LogP contribution in [0.5, 0.6) is 0 Å². The molecule has 1 amide bonds. The fourth-order valence-electron chi connectivity index (χ4n) is 3.59. The Labute approximate surface area is 160 Å². The maximum absolute atomic E-state index is 13.0. The van der Waals surface area contributed by atoms with Crippen LogP contribution in [-0.4, -0.2) is 46.2 Å². The maximum Gasteiger partial charge on any atom is 0.273 e. The van der Waals surface area contributed by atoms with E-state index >= 15 is 0 Å². The fourth-order valence-corrected chi connectivity index (χ4v) is 3.59. The Hall–Kier alpha value is -3.52. The van der Waals surface area contributed by atoms with Gasteiger partial charge in [-0.25, -0.2) is 0 Å². The summed E-state index contributed by atoms with van der Waals surface area (Å²) in [6.45, 7) is 0.717. The van der Waals surface area contributed by atoms with Crippen LogP contribution in [0.1, 0.15) is 27.7 Å². The van der Waals surface area contributed by atoms with Gasteiger partial charge in [-0.3, -0.25) is 20.0 Å². The average Bonchev–Trinajstić information content (AvgIpc) is 3.26. The number of ether oxygens (including phenoxy) is 1. The largest absolute Gasteiger partial charge is 0.383 e. The van der Waals surface area contributed by atoms with Gasteiger partial charge in [-0.1, -0.05) is 42.5 Å². The molecular formula is C20H18N4O4. The van der Waals surface area contributed by atoms with Crippen molar-refractivity contribution < 1.29 is 14.5 Å². The van der Waals surface area contributed by atoms with Crippen molar-refractivity contribution in [1.29, 1.82) is 0 Å². The van der Waals surface area contributed by atoms with Gasteiger partial charge in [-0.05, 0) is 5.56 Å². The Balaban J connectivity index is 1.87. The van der Waals surface area contributed by atoms with E-state index < -0.39 is 11.0 Å². The lowest BCUT2D eigenvalue weighted by atomic mass is 9.96. The van der Waals surface area contributed by atoms with E-state index in [1.165, 1.54) is 12.1 Å². The molecule has 28 heavy (non-hydrogen) atoms. The minimum absolute atomic E-state index is 0.0187. The molecule has 0 saturated heterocycles. The summed E-state index contributed by atoms with van der Waals surface area (Å²) in [5.74, 6) is -0.196. The summed E-state index contributed by atoms with van der Waals surface area (Å²) in [5, 5.41) is 18.5. The van der Waals surface area contributed by atoms with Crippen molar-refractivity contribution in [3.05, 3.63) is 81.5 Å². The van der Waals surface area contributed by atoms with E-state index in [4.69, 9.17) is 4.74 Å². The van der Waals surface area contributed by atoms with Gasteiger partial charge in [-0.2, -0.15) is 5.10 Å². The third-order valence-corrected chi connectivity index (χ3v) is 4.84. The average molecular weight is 378 g/mol. The zero-order valence-electron chi connectivity index (χ0n) is 15.2. The lowest BCUT2D eigenvalue weighted by molar-refractivity contribution is -0.384. The Bertz CT molecular complexity index is 1030. The van der Waals surface area contributed by atoms with E-state index in [0.717, 1.165) is 11.1 Å². The van der Waals surface area contributed by atoms with Crippen molar-refractivity contribution in [2.45, 2.75) is 6.04 Å². The Morgan fingerprint density at radius 2 is 2.00 bits per heavy atom. The highest BCUT2D eigenvalue weighted by molar-refractivity contribution is 6.00. The van der Waals surface area contributed by atoms with Crippen LogP contribution in [0.4, 0.5) is 5.69 Å². The summed E-state index contributed by atoms with van der Waals surface area (Å²) in [5.41, 5.74) is 3.32. The number of rotatable bonds is 6. The lowest BCUT2D eigenvalue weighted by Gasteiger charge is -2.26. The number of H-pyrrole nitrogens is 1. The van der Waals surface area contributed by atoms with Crippen molar-refractivity contribution in [1.82, 2.24) is 15.1 Å². The first-order chi connectivity index (χ1) is 13.6. The first-order valence-electron chi connectivity index (χ1n) is 8.79. The number of aromatic nitrogens is 2. The predicted octanol–water partition coefficient (Wildman–Crippen LogP) is 3.18. The molecule has 2 aromatic carbocycles. The number of hydrogen-bond donors (Lipinski definition) is 1. The molecule has 1 aromatic heterocycles. The van der Waals surface area contributed by atoms with Gasteiger partial charge in [0.05, 0.1) is 23.3 Å². The van der Waals surface area contributed by atoms with E-state index in [1.54, 1.807) is 24.1 Å². The number of benzene rings is 2. The van der Waals surface area contributed by atoms with Crippen molar-refractivity contribution in [2.75, 3.05) is 20.3 Å². The van der Waals surface area contributed by atoms with Gasteiger partial charge in [0.25, 0.3) is 11.6 Å².